The number of aliphatic hydroxyl groups excluding tert-OH is 1. The number of hydrogen-bond acceptors (Lipinski definition) is 3. The molecule has 0 aliphatic heterocycles. The number of carbonyl (C=O) groups is 1. The summed E-state index contributed by atoms with van der Waals surface area (Å²) in [5, 5.41) is 14.6. The first kappa shape index (κ1) is 16.5. The minimum atomic E-state index is -0.264. The van der Waals surface area contributed by atoms with Crippen LogP contribution in [0.15, 0.2) is 6.07 Å². The minimum Gasteiger partial charge on any atom is -0.393 e. The third-order valence-corrected chi connectivity index (χ3v) is 5.06. The quantitative estimate of drug-likeness (QED) is 0.928. The van der Waals surface area contributed by atoms with E-state index in [1.165, 1.54) is 18.5 Å². The van der Waals surface area contributed by atoms with Crippen molar-refractivity contribution in [2.45, 2.75) is 70.4 Å². The van der Waals surface area contributed by atoms with E-state index in [-0.39, 0.29) is 23.5 Å². The van der Waals surface area contributed by atoms with Crippen molar-refractivity contribution in [3.63, 3.8) is 0 Å². The normalized spacial score (nSPS) is 24.9. The smallest absolute Gasteiger partial charge is 0.274 e. The molecular formula is C18H29N3O2. The SMILES string of the molecule is CN(CC1CCCC1O)C(=O)c1cc(C2CC2)n(C(C)(C)C)n1. The van der Waals surface area contributed by atoms with E-state index in [0.717, 1.165) is 19.3 Å². The Balaban J connectivity index is 1.76. The van der Waals surface area contributed by atoms with Gasteiger partial charge in [-0.05, 0) is 52.5 Å². The maximum Gasteiger partial charge on any atom is 0.274 e. The Labute approximate surface area is 138 Å². The van der Waals surface area contributed by atoms with E-state index in [2.05, 4.69) is 25.9 Å². The van der Waals surface area contributed by atoms with E-state index >= 15 is 0 Å². The zero-order chi connectivity index (χ0) is 16.8. The molecule has 5 nitrogen and oxygen atoms in total. The predicted octanol–water partition coefficient (Wildman–Crippen LogP) is 2.75. The Morgan fingerprint density at radius 3 is 2.57 bits per heavy atom. The van der Waals surface area contributed by atoms with Crippen molar-refractivity contribution in [3.8, 4) is 0 Å². The average Bonchev–Trinajstić information content (AvgIpc) is 3.09. The molecule has 0 bridgehead atoms. The summed E-state index contributed by atoms with van der Waals surface area (Å²) in [6.45, 7) is 6.98. The number of nitrogens with zero attached hydrogens (tertiary/aromatic N) is 3. The van der Waals surface area contributed by atoms with Gasteiger partial charge in [0.2, 0.25) is 0 Å². The van der Waals surface area contributed by atoms with Gasteiger partial charge in [-0.3, -0.25) is 9.48 Å². The van der Waals surface area contributed by atoms with Crippen LogP contribution >= 0.6 is 0 Å². The first-order chi connectivity index (χ1) is 10.8. The Kier molecular flexibility index (Phi) is 4.25. The molecule has 1 aromatic heterocycles. The lowest BCUT2D eigenvalue weighted by atomic mass is 10.1. The van der Waals surface area contributed by atoms with Gasteiger partial charge >= 0.3 is 0 Å². The van der Waals surface area contributed by atoms with E-state index in [1.807, 2.05) is 17.8 Å². The molecule has 0 aromatic carbocycles. The fraction of sp³-hybridized carbons (Fsp3) is 0.778. The zero-order valence-electron chi connectivity index (χ0n) is 14.7. The fourth-order valence-corrected chi connectivity index (χ4v) is 3.57. The molecule has 0 radical (unpaired) electrons. The number of aliphatic hydroxyl groups is 1. The summed E-state index contributed by atoms with van der Waals surface area (Å²) in [5.74, 6) is 0.732. The molecule has 2 saturated carbocycles. The number of hydrogen-bond donors (Lipinski definition) is 1. The van der Waals surface area contributed by atoms with Crippen molar-refractivity contribution < 1.29 is 9.90 Å². The van der Waals surface area contributed by atoms with Crippen molar-refractivity contribution >= 4 is 5.91 Å². The highest BCUT2D eigenvalue weighted by atomic mass is 16.3. The van der Waals surface area contributed by atoms with Gasteiger partial charge in [0.1, 0.15) is 0 Å². The molecular weight excluding hydrogens is 290 g/mol. The molecule has 128 valence electrons. The number of aromatic nitrogens is 2. The predicted molar refractivity (Wildman–Crippen MR) is 89.5 cm³/mol. The highest BCUT2D eigenvalue weighted by Gasteiger charge is 2.34. The molecule has 2 aliphatic carbocycles. The molecule has 2 unspecified atom stereocenters. The van der Waals surface area contributed by atoms with E-state index in [0.29, 0.717) is 18.2 Å². The van der Waals surface area contributed by atoms with Crippen LogP contribution in [-0.4, -0.2) is 45.4 Å². The zero-order valence-corrected chi connectivity index (χ0v) is 14.7. The van der Waals surface area contributed by atoms with Gasteiger partial charge in [0.25, 0.3) is 5.91 Å². The monoisotopic (exact) mass is 319 g/mol. The number of carbonyl (C=O) groups excluding carboxylic acids is 1. The van der Waals surface area contributed by atoms with Gasteiger partial charge in [-0.25, -0.2) is 0 Å². The second kappa shape index (κ2) is 5.93. The van der Waals surface area contributed by atoms with Gasteiger partial charge in [-0.15, -0.1) is 0 Å². The Bertz CT molecular complexity index is 584. The van der Waals surface area contributed by atoms with Crippen LogP contribution in [0.2, 0.25) is 0 Å². The van der Waals surface area contributed by atoms with Gasteiger partial charge in [-0.1, -0.05) is 6.42 Å². The summed E-state index contributed by atoms with van der Waals surface area (Å²) in [5.41, 5.74) is 1.61. The fourth-order valence-electron chi connectivity index (χ4n) is 3.57. The molecule has 1 aromatic rings. The summed E-state index contributed by atoms with van der Waals surface area (Å²) >= 11 is 0. The highest BCUT2D eigenvalue weighted by molar-refractivity contribution is 5.92. The largest absolute Gasteiger partial charge is 0.393 e. The van der Waals surface area contributed by atoms with Crippen LogP contribution in [0.1, 0.15) is 75.0 Å². The first-order valence-electron chi connectivity index (χ1n) is 8.81. The topological polar surface area (TPSA) is 58.4 Å². The van der Waals surface area contributed by atoms with Gasteiger partial charge in [-0.2, -0.15) is 5.10 Å². The van der Waals surface area contributed by atoms with Crippen molar-refractivity contribution in [1.29, 1.82) is 0 Å². The minimum absolute atomic E-state index is 0.0333. The lowest BCUT2D eigenvalue weighted by Gasteiger charge is -2.23. The third-order valence-electron chi connectivity index (χ3n) is 5.06. The Morgan fingerprint density at radius 1 is 1.35 bits per heavy atom. The van der Waals surface area contributed by atoms with Crippen molar-refractivity contribution in [1.82, 2.24) is 14.7 Å². The van der Waals surface area contributed by atoms with Crippen LogP contribution < -0.4 is 0 Å². The molecule has 1 N–H and O–H groups in total. The Hall–Kier alpha value is -1.36. The van der Waals surface area contributed by atoms with Crippen LogP contribution in [0.5, 0.6) is 0 Å². The van der Waals surface area contributed by atoms with Gasteiger partial charge in [0, 0.05) is 31.1 Å². The van der Waals surface area contributed by atoms with Crippen LogP contribution in [-0.2, 0) is 5.54 Å². The lowest BCUT2D eigenvalue weighted by Crippen LogP contribution is -2.35. The third kappa shape index (κ3) is 3.44. The molecule has 1 amide bonds. The highest BCUT2D eigenvalue weighted by Crippen LogP contribution is 2.41. The van der Waals surface area contributed by atoms with E-state index in [9.17, 15) is 9.90 Å². The summed E-state index contributed by atoms with van der Waals surface area (Å²) in [6, 6.07) is 1.98. The lowest BCUT2D eigenvalue weighted by molar-refractivity contribution is 0.0687. The molecule has 5 heteroatoms. The summed E-state index contributed by atoms with van der Waals surface area (Å²) in [6.07, 6.45) is 5.04. The molecule has 0 spiro atoms. The van der Waals surface area contributed by atoms with E-state index < -0.39 is 0 Å². The maximum absolute atomic E-state index is 12.7. The molecule has 2 atom stereocenters. The van der Waals surface area contributed by atoms with Crippen molar-refractivity contribution in [2.75, 3.05) is 13.6 Å². The van der Waals surface area contributed by atoms with E-state index in [1.54, 1.807) is 4.90 Å². The van der Waals surface area contributed by atoms with Crippen molar-refractivity contribution in [3.05, 3.63) is 17.5 Å². The van der Waals surface area contributed by atoms with Gasteiger partial charge in [0.05, 0.1) is 11.6 Å². The molecule has 2 aliphatic rings. The van der Waals surface area contributed by atoms with Gasteiger partial charge < -0.3 is 10.0 Å². The van der Waals surface area contributed by atoms with Crippen LogP contribution in [0.4, 0.5) is 0 Å². The van der Waals surface area contributed by atoms with Crippen LogP contribution in [0.3, 0.4) is 0 Å². The Morgan fingerprint density at radius 2 is 2.04 bits per heavy atom. The molecule has 1 heterocycles. The molecule has 2 fully saturated rings. The van der Waals surface area contributed by atoms with Crippen LogP contribution in [0.25, 0.3) is 0 Å². The van der Waals surface area contributed by atoms with Crippen LogP contribution in [0, 0.1) is 5.92 Å². The summed E-state index contributed by atoms with van der Waals surface area (Å²) in [7, 11) is 1.82. The summed E-state index contributed by atoms with van der Waals surface area (Å²) < 4.78 is 2.02. The number of rotatable bonds is 4. The molecule has 3 rings (SSSR count). The second-order valence-electron chi connectivity index (χ2n) is 8.26. The number of amides is 1. The van der Waals surface area contributed by atoms with Crippen molar-refractivity contribution in [2.24, 2.45) is 5.92 Å². The van der Waals surface area contributed by atoms with Gasteiger partial charge in [0.15, 0.2) is 5.69 Å². The maximum atomic E-state index is 12.7. The second-order valence-corrected chi connectivity index (χ2v) is 8.26. The van der Waals surface area contributed by atoms with E-state index in [4.69, 9.17) is 0 Å². The summed E-state index contributed by atoms with van der Waals surface area (Å²) in [4.78, 5) is 14.5. The standard InChI is InChI=1S/C18H29N3O2/c1-18(2,3)21-15(12-8-9-12)10-14(19-21)17(23)20(4)11-13-6-5-7-16(13)22/h10,12-13,16,22H,5-9,11H2,1-4H3. The molecule has 23 heavy (non-hydrogen) atoms. The molecule has 0 saturated heterocycles. The first-order valence-corrected chi connectivity index (χ1v) is 8.81. The average molecular weight is 319 g/mol.